The predicted molar refractivity (Wildman–Crippen MR) is 79.1 cm³/mol. The van der Waals surface area contributed by atoms with E-state index in [1.807, 2.05) is 18.2 Å². The molecule has 1 aliphatic rings. The van der Waals surface area contributed by atoms with Crippen LogP contribution in [0.15, 0.2) is 24.3 Å². The third kappa shape index (κ3) is 3.25. The highest BCUT2D eigenvalue weighted by molar-refractivity contribution is 6.30. The lowest BCUT2D eigenvalue weighted by Crippen LogP contribution is -2.53. The maximum absolute atomic E-state index is 12.3. The summed E-state index contributed by atoms with van der Waals surface area (Å²) in [6.07, 6.45) is 2.12. The van der Waals surface area contributed by atoms with E-state index in [2.05, 4.69) is 12.2 Å². The molecule has 1 N–H and O–H groups in total. The molecule has 0 spiro atoms. The van der Waals surface area contributed by atoms with E-state index >= 15 is 0 Å². The molecule has 2 atom stereocenters. The number of anilines is 1. The molecule has 0 amide bonds. The number of ether oxygens (including phenoxy) is 2. The minimum absolute atomic E-state index is 0.0644. The van der Waals surface area contributed by atoms with Crippen molar-refractivity contribution < 1.29 is 14.3 Å². The van der Waals surface area contributed by atoms with Crippen molar-refractivity contribution in [3.63, 3.8) is 0 Å². The van der Waals surface area contributed by atoms with Gasteiger partial charge in [0, 0.05) is 30.2 Å². The fourth-order valence-electron chi connectivity index (χ4n) is 2.60. The van der Waals surface area contributed by atoms with Crippen LogP contribution in [0, 0.1) is 0 Å². The van der Waals surface area contributed by atoms with Gasteiger partial charge in [-0.15, -0.1) is 0 Å². The van der Waals surface area contributed by atoms with Gasteiger partial charge in [0.05, 0.1) is 13.2 Å². The average molecular weight is 298 g/mol. The van der Waals surface area contributed by atoms with Crippen molar-refractivity contribution in [2.24, 2.45) is 0 Å². The van der Waals surface area contributed by atoms with Crippen molar-refractivity contribution in [1.82, 2.24) is 0 Å². The standard InChI is InChI=1S/C15H20ClNO3/c1-3-13-10-15(7-8-20-13,14(18)19-2)17-12-6-4-5-11(16)9-12/h4-6,9,13,17H,3,7-8,10H2,1-2H3. The van der Waals surface area contributed by atoms with Gasteiger partial charge < -0.3 is 14.8 Å². The Labute approximate surface area is 124 Å². The number of hydrogen-bond acceptors (Lipinski definition) is 4. The molecule has 1 fully saturated rings. The molecule has 0 aliphatic carbocycles. The van der Waals surface area contributed by atoms with Crippen LogP contribution in [0.2, 0.25) is 5.02 Å². The Kier molecular flexibility index (Phi) is 4.89. The summed E-state index contributed by atoms with van der Waals surface area (Å²) >= 11 is 6.00. The molecule has 1 aromatic carbocycles. The Morgan fingerprint density at radius 1 is 1.60 bits per heavy atom. The van der Waals surface area contributed by atoms with Gasteiger partial charge in [-0.25, -0.2) is 4.79 Å². The quantitative estimate of drug-likeness (QED) is 0.867. The average Bonchev–Trinajstić information content (AvgIpc) is 2.46. The van der Waals surface area contributed by atoms with Crippen molar-refractivity contribution in [1.29, 1.82) is 0 Å². The topological polar surface area (TPSA) is 47.6 Å². The van der Waals surface area contributed by atoms with E-state index in [-0.39, 0.29) is 12.1 Å². The van der Waals surface area contributed by atoms with Crippen LogP contribution in [0.25, 0.3) is 0 Å². The molecule has 1 saturated heterocycles. The van der Waals surface area contributed by atoms with Gasteiger partial charge in [-0.1, -0.05) is 24.6 Å². The van der Waals surface area contributed by atoms with Crippen molar-refractivity contribution in [3.8, 4) is 0 Å². The minimum Gasteiger partial charge on any atom is -0.467 e. The zero-order valence-corrected chi connectivity index (χ0v) is 12.6. The Morgan fingerprint density at radius 3 is 3.05 bits per heavy atom. The van der Waals surface area contributed by atoms with Gasteiger partial charge in [0.1, 0.15) is 5.54 Å². The van der Waals surface area contributed by atoms with Crippen molar-refractivity contribution in [3.05, 3.63) is 29.3 Å². The van der Waals surface area contributed by atoms with Crippen LogP contribution < -0.4 is 5.32 Å². The van der Waals surface area contributed by atoms with Crippen LogP contribution in [0.3, 0.4) is 0 Å². The maximum Gasteiger partial charge on any atom is 0.331 e. The number of benzene rings is 1. The van der Waals surface area contributed by atoms with E-state index in [1.54, 1.807) is 6.07 Å². The van der Waals surface area contributed by atoms with Gasteiger partial charge in [-0.2, -0.15) is 0 Å². The first-order valence-electron chi connectivity index (χ1n) is 6.83. The maximum atomic E-state index is 12.3. The fraction of sp³-hybridized carbons (Fsp3) is 0.533. The minimum atomic E-state index is -0.738. The molecule has 0 saturated carbocycles. The Hall–Kier alpha value is -1.26. The number of esters is 1. The van der Waals surface area contributed by atoms with E-state index in [4.69, 9.17) is 21.1 Å². The molecule has 1 aromatic rings. The summed E-state index contributed by atoms with van der Waals surface area (Å²) in [5.41, 5.74) is 0.0814. The molecule has 2 rings (SSSR count). The molecule has 1 heterocycles. The van der Waals surface area contributed by atoms with Crippen LogP contribution in [0.5, 0.6) is 0 Å². The number of methoxy groups -OCH3 is 1. The molecule has 110 valence electrons. The molecule has 0 aromatic heterocycles. The van der Waals surface area contributed by atoms with Gasteiger partial charge >= 0.3 is 5.97 Å². The van der Waals surface area contributed by atoms with Gasteiger partial charge in [0.2, 0.25) is 0 Å². The Bertz CT molecular complexity index is 480. The van der Waals surface area contributed by atoms with Gasteiger partial charge in [0.25, 0.3) is 0 Å². The number of rotatable bonds is 4. The summed E-state index contributed by atoms with van der Waals surface area (Å²) in [4.78, 5) is 12.3. The van der Waals surface area contributed by atoms with E-state index < -0.39 is 5.54 Å². The van der Waals surface area contributed by atoms with Crippen LogP contribution >= 0.6 is 11.6 Å². The Morgan fingerprint density at radius 2 is 2.40 bits per heavy atom. The van der Waals surface area contributed by atoms with Crippen LogP contribution in [0.4, 0.5) is 5.69 Å². The monoisotopic (exact) mass is 297 g/mol. The van der Waals surface area contributed by atoms with E-state index in [1.165, 1.54) is 7.11 Å². The molecule has 0 radical (unpaired) electrons. The van der Waals surface area contributed by atoms with Crippen LogP contribution in [-0.2, 0) is 14.3 Å². The fourth-order valence-corrected chi connectivity index (χ4v) is 2.79. The van der Waals surface area contributed by atoms with Crippen LogP contribution in [0.1, 0.15) is 26.2 Å². The van der Waals surface area contributed by atoms with E-state index in [0.29, 0.717) is 24.5 Å². The first-order chi connectivity index (χ1) is 9.59. The second kappa shape index (κ2) is 6.46. The SMILES string of the molecule is CCC1CC(Nc2cccc(Cl)c2)(C(=O)OC)CCO1. The zero-order valence-electron chi connectivity index (χ0n) is 11.8. The van der Waals surface area contributed by atoms with Gasteiger partial charge in [-0.05, 0) is 24.6 Å². The first kappa shape index (κ1) is 15.1. The van der Waals surface area contributed by atoms with Crippen molar-refractivity contribution in [2.75, 3.05) is 19.0 Å². The molecule has 0 bridgehead atoms. The highest BCUT2D eigenvalue weighted by Gasteiger charge is 2.44. The molecule has 2 unspecified atom stereocenters. The van der Waals surface area contributed by atoms with Crippen LogP contribution in [-0.4, -0.2) is 31.3 Å². The number of carbonyl (C=O) groups excluding carboxylic acids is 1. The van der Waals surface area contributed by atoms with Crippen molar-refractivity contribution in [2.45, 2.75) is 37.8 Å². The summed E-state index contributed by atoms with van der Waals surface area (Å²) in [5.74, 6) is -0.251. The smallest absolute Gasteiger partial charge is 0.331 e. The van der Waals surface area contributed by atoms with E-state index in [0.717, 1.165) is 12.1 Å². The number of carbonyl (C=O) groups is 1. The number of halogens is 1. The lowest BCUT2D eigenvalue weighted by molar-refractivity contribution is -0.151. The lowest BCUT2D eigenvalue weighted by atomic mass is 9.85. The number of nitrogens with one attached hydrogen (secondary N) is 1. The molecule has 20 heavy (non-hydrogen) atoms. The molecule has 4 nitrogen and oxygen atoms in total. The van der Waals surface area contributed by atoms with E-state index in [9.17, 15) is 4.79 Å². The summed E-state index contributed by atoms with van der Waals surface area (Å²) in [5, 5.41) is 3.94. The third-order valence-electron chi connectivity index (χ3n) is 3.70. The second-order valence-electron chi connectivity index (χ2n) is 5.06. The highest BCUT2D eigenvalue weighted by Crippen LogP contribution is 2.32. The van der Waals surface area contributed by atoms with Gasteiger partial charge in [0.15, 0.2) is 0 Å². The summed E-state index contributed by atoms with van der Waals surface area (Å²) in [6.45, 7) is 2.60. The molecular weight excluding hydrogens is 278 g/mol. The first-order valence-corrected chi connectivity index (χ1v) is 7.21. The summed E-state index contributed by atoms with van der Waals surface area (Å²) < 4.78 is 10.7. The highest BCUT2D eigenvalue weighted by atomic mass is 35.5. The molecular formula is C15H20ClNO3. The zero-order chi connectivity index (χ0) is 14.6. The lowest BCUT2D eigenvalue weighted by Gasteiger charge is -2.39. The third-order valence-corrected chi connectivity index (χ3v) is 3.93. The molecule has 5 heteroatoms. The Balaban J connectivity index is 2.25. The summed E-state index contributed by atoms with van der Waals surface area (Å²) in [6, 6.07) is 7.36. The van der Waals surface area contributed by atoms with Crippen molar-refractivity contribution >= 4 is 23.3 Å². The molecule has 1 aliphatic heterocycles. The second-order valence-corrected chi connectivity index (χ2v) is 5.50. The number of hydrogen-bond donors (Lipinski definition) is 1. The summed E-state index contributed by atoms with van der Waals surface area (Å²) in [7, 11) is 1.42. The van der Waals surface area contributed by atoms with Gasteiger partial charge in [-0.3, -0.25) is 0 Å². The predicted octanol–water partition coefficient (Wildman–Crippen LogP) is 3.25. The largest absolute Gasteiger partial charge is 0.467 e. The normalized spacial score (nSPS) is 26.1.